The lowest BCUT2D eigenvalue weighted by molar-refractivity contribution is -0.120. The van der Waals surface area contributed by atoms with E-state index in [1.165, 1.54) is 30.1 Å². The number of rotatable bonds is 8. The Bertz CT molecular complexity index is 959. The lowest BCUT2D eigenvalue weighted by Gasteiger charge is -2.25. The van der Waals surface area contributed by atoms with Crippen molar-refractivity contribution in [2.45, 2.75) is 19.4 Å². The van der Waals surface area contributed by atoms with Gasteiger partial charge in [0.15, 0.2) is 0 Å². The van der Waals surface area contributed by atoms with E-state index < -0.39 is 29.7 Å². The topological polar surface area (TPSA) is 106 Å². The fourth-order valence-corrected chi connectivity index (χ4v) is 3.61. The van der Waals surface area contributed by atoms with Gasteiger partial charge < -0.3 is 10.1 Å². The molecule has 1 aromatic heterocycles. The predicted molar refractivity (Wildman–Crippen MR) is 113 cm³/mol. The Labute approximate surface area is 178 Å². The fraction of sp³-hybridized carbons (Fsp3) is 0.286. The van der Waals surface area contributed by atoms with Gasteiger partial charge in [-0.25, -0.2) is 9.78 Å². The molecule has 2 aromatic rings. The summed E-state index contributed by atoms with van der Waals surface area (Å²) < 4.78 is 4.95. The number of hydrogen-bond acceptors (Lipinski definition) is 7. The smallest absolute Gasteiger partial charge is 0.338 e. The minimum absolute atomic E-state index is 0.135. The van der Waals surface area contributed by atoms with E-state index in [0.717, 1.165) is 4.90 Å². The van der Waals surface area contributed by atoms with Gasteiger partial charge in [0.2, 0.25) is 5.91 Å². The summed E-state index contributed by atoms with van der Waals surface area (Å²) in [7, 11) is 0. The van der Waals surface area contributed by atoms with Crippen LogP contribution in [-0.4, -0.2) is 58.2 Å². The van der Waals surface area contributed by atoms with Crippen LogP contribution in [0.5, 0.6) is 0 Å². The molecule has 1 aromatic carbocycles. The number of benzene rings is 1. The molecular weight excluding hydrogens is 406 g/mol. The molecule has 1 N–H and O–H groups in total. The van der Waals surface area contributed by atoms with Gasteiger partial charge in [0.05, 0.1) is 23.3 Å². The molecule has 0 spiro atoms. The number of anilines is 1. The third kappa shape index (κ3) is 4.35. The van der Waals surface area contributed by atoms with E-state index in [1.807, 2.05) is 6.26 Å². The zero-order valence-electron chi connectivity index (χ0n) is 16.6. The lowest BCUT2D eigenvalue weighted by Crippen LogP contribution is -2.47. The number of carbonyl (C=O) groups excluding carboxylic acids is 4. The van der Waals surface area contributed by atoms with E-state index in [1.54, 1.807) is 31.2 Å². The van der Waals surface area contributed by atoms with E-state index in [9.17, 15) is 19.2 Å². The molecule has 1 unspecified atom stereocenters. The summed E-state index contributed by atoms with van der Waals surface area (Å²) in [5, 5.41) is 2.62. The number of aromatic nitrogens is 1. The number of pyridine rings is 1. The molecule has 1 aliphatic heterocycles. The quantitative estimate of drug-likeness (QED) is 0.510. The molecule has 3 rings (SSSR count). The van der Waals surface area contributed by atoms with Gasteiger partial charge >= 0.3 is 5.97 Å². The summed E-state index contributed by atoms with van der Waals surface area (Å²) >= 11 is 1.50. The average Bonchev–Trinajstić information content (AvgIpc) is 3.00. The first-order valence-corrected chi connectivity index (χ1v) is 10.8. The first kappa shape index (κ1) is 21.5. The maximum atomic E-state index is 13.0. The second kappa shape index (κ2) is 9.53. The monoisotopic (exact) mass is 427 g/mol. The number of nitrogens with one attached hydrogen (secondary N) is 1. The second-order valence-electron chi connectivity index (χ2n) is 6.46. The Hall–Kier alpha value is -3.20. The Morgan fingerprint density at radius 1 is 1.17 bits per heavy atom. The number of amides is 3. The van der Waals surface area contributed by atoms with Crippen LogP contribution in [0.1, 0.15) is 44.4 Å². The molecule has 30 heavy (non-hydrogen) atoms. The van der Waals surface area contributed by atoms with E-state index in [-0.39, 0.29) is 35.5 Å². The number of carbonyl (C=O) groups is 4. The molecule has 9 heteroatoms. The van der Waals surface area contributed by atoms with Crippen LogP contribution < -0.4 is 5.32 Å². The first-order valence-electron chi connectivity index (χ1n) is 9.37. The van der Waals surface area contributed by atoms with Crippen molar-refractivity contribution >= 4 is 41.3 Å². The molecule has 0 bridgehead atoms. The number of esters is 1. The van der Waals surface area contributed by atoms with Crippen LogP contribution in [0.4, 0.5) is 5.82 Å². The van der Waals surface area contributed by atoms with Crippen molar-refractivity contribution < 1.29 is 23.9 Å². The first-order chi connectivity index (χ1) is 14.5. The zero-order valence-corrected chi connectivity index (χ0v) is 17.4. The van der Waals surface area contributed by atoms with Gasteiger partial charge in [0.25, 0.3) is 11.8 Å². The van der Waals surface area contributed by atoms with Crippen LogP contribution in [0, 0.1) is 0 Å². The summed E-state index contributed by atoms with van der Waals surface area (Å²) in [4.78, 5) is 55.7. The molecular formula is C21H21N3O5S. The van der Waals surface area contributed by atoms with Crippen LogP contribution >= 0.6 is 11.8 Å². The highest BCUT2D eigenvalue weighted by atomic mass is 32.2. The summed E-state index contributed by atoms with van der Waals surface area (Å²) in [6.45, 7) is 1.92. The standard InChI is InChI=1S/C21H21N3O5S/c1-3-29-21(28)13-8-10-22-17(12-13)23-18(25)16(9-11-30-2)24-19(26)14-6-4-5-7-15(14)20(24)27/h4-8,10,12,16H,3,9,11H2,1-2H3,(H,22,23,25). The van der Waals surface area contributed by atoms with E-state index in [2.05, 4.69) is 10.3 Å². The Morgan fingerprint density at radius 2 is 1.83 bits per heavy atom. The number of fused-ring (bicyclic) bond motifs is 1. The minimum Gasteiger partial charge on any atom is -0.462 e. The fourth-order valence-electron chi connectivity index (χ4n) is 3.15. The normalized spacial score (nSPS) is 13.7. The molecule has 0 saturated heterocycles. The number of hydrogen-bond donors (Lipinski definition) is 1. The van der Waals surface area contributed by atoms with Crippen LogP contribution in [0.25, 0.3) is 0 Å². The average molecular weight is 427 g/mol. The van der Waals surface area contributed by atoms with Crippen LogP contribution in [-0.2, 0) is 9.53 Å². The second-order valence-corrected chi connectivity index (χ2v) is 7.45. The Kier molecular flexibility index (Phi) is 6.83. The van der Waals surface area contributed by atoms with E-state index >= 15 is 0 Å². The van der Waals surface area contributed by atoms with Crippen molar-refractivity contribution in [3.8, 4) is 0 Å². The van der Waals surface area contributed by atoms with Gasteiger partial charge in [0, 0.05) is 6.20 Å². The van der Waals surface area contributed by atoms with Crippen molar-refractivity contribution in [2.75, 3.05) is 23.9 Å². The maximum absolute atomic E-state index is 13.0. The van der Waals surface area contributed by atoms with Gasteiger partial charge in [-0.3, -0.25) is 19.3 Å². The summed E-state index contributed by atoms with van der Waals surface area (Å²) in [5.41, 5.74) is 0.808. The van der Waals surface area contributed by atoms with Crippen molar-refractivity contribution in [2.24, 2.45) is 0 Å². The van der Waals surface area contributed by atoms with Gasteiger partial charge in [-0.15, -0.1) is 0 Å². The van der Waals surface area contributed by atoms with Crippen LogP contribution in [0.15, 0.2) is 42.6 Å². The SMILES string of the molecule is CCOC(=O)c1ccnc(NC(=O)C(CCSC)N2C(=O)c3ccccc3C2=O)c1. The third-order valence-electron chi connectivity index (χ3n) is 4.56. The summed E-state index contributed by atoms with van der Waals surface area (Å²) in [5.74, 6) is -1.37. The number of thioether (sulfide) groups is 1. The number of ether oxygens (including phenoxy) is 1. The molecule has 2 heterocycles. The Balaban J connectivity index is 1.84. The molecule has 8 nitrogen and oxygen atoms in total. The van der Waals surface area contributed by atoms with Crippen molar-refractivity contribution in [1.82, 2.24) is 9.88 Å². The zero-order chi connectivity index (χ0) is 21.7. The molecule has 0 fully saturated rings. The summed E-state index contributed by atoms with van der Waals surface area (Å²) in [6, 6.07) is 8.36. The van der Waals surface area contributed by atoms with Gasteiger partial charge in [-0.1, -0.05) is 12.1 Å². The molecule has 3 amide bonds. The minimum atomic E-state index is -1.00. The molecule has 1 atom stereocenters. The maximum Gasteiger partial charge on any atom is 0.338 e. The van der Waals surface area contributed by atoms with Crippen molar-refractivity contribution in [3.63, 3.8) is 0 Å². The third-order valence-corrected chi connectivity index (χ3v) is 5.20. The highest BCUT2D eigenvalue weighted by Crippen LogP contribution is 2.26. The van der Waals surface area contributed by atoms with Gasteiger partial charge in [0.1, 0.15) is 11.9 Å². The van der Waals surface area contributed by atoms with Gasteiger partial charge in [-0.05, 0) is 49.6 Å². The Morgan fingerprint density at radius 3 is 2.43 bits per heavy atom. The number of imide groups is 1. The highest BCUT2D eigenvalue weighted by Gasteiger charge is 2.42. The molecule has 156 valence electrons. The van der Waals surface area contributed by atoms with Crippen molar-refractivity contribution in [1.29, 1.82) is 0 Å². The summed E-state index contributed by atoms with van der Waals surface area (Å²) in [6.07, 6.45) is 3.54. The largest absolute Gasteiger partial charge is 0.462 e. The van der Waals surface area contributed by atoms with E-state index in [4.69, 9.17) is 4.74 Å². The lowest BCUT2D eigenvalue weighted by atomic mass is 10.1. The predicted octanol–water partition coefficient (Wildman–Crippen LogP) is 2.61. The number of nitrogens with zero attached hydrogens (tertiary/aromatic N) is 2. The van der Waals surface area contributed by atoms with Crippen LogP contribution in [0.2, 0.25) is 0 Å². The van der Waals surface area contributed by atoms with Gasteiger partial charge in [-0.2, -0.15) is 11.8 Å². The molecule has 0 saturated carbocycles. The molecule has 0 radical (unpaired) electrons. The molecule has 0 aliphatic carbocycles. The van der Waals surface area contributed by atoms with Crippen molar-refractivity contribution in [3.05, 3.63) is 59.3 Å². The van der Waals surface area contributed by atoms with Crippen LogP contribution in [0.3, 0.4) is 0 Å². The van der Waals surface area contributed by atoms with E-state index in [0.29, 0.717) is 5.75 Å². The highest BCUT2D eigenvalue weighted by molar-refractivity contribution is 7.98. The molecule has 1 aliphatic rings.